The van der Waals surface area contributed by atoms with Crippen LogP contribution in [0.2, 0.25) is 0 Å². The van der Waals surface area contributed by atoms with Crippen molar-refractivity contribution in [1.29, 1.82) is 0 Å². The molecule has 0 amide bonds. The SMILES string of the molecule is C=CCC(=O)O[C@@H]1[C@H](C)N(CCC)C[C@H](C)C[C@](C)(O)[C@H](O[C@@H]2O[C@H](C)C[C@H](N(C)C)[C@H]2O)[C@@H](C)[C@H](O[C@H]2C[C@@](C)(OC)[C@@H](O)[C@H](C)O2)[C@@H](C)C(=O)O[C@@H](CC)[C@@]1(C)O. The van der Waals surface area contributed by atoms with Gasteiger partial charge in [-0.1, -0.05) is 33.8 Å². The van der Waals surface area contributed by atoms with E-state index in [1.807, 2.05) is 53.6 Å². The third-order valence-electron chi connectivity index (χ3n) is 13.1. The second kappa shape index (κ2) is 21.5. The van der Waals surface area contributed by atoms with Crippen LogP contribution in [0.1, 0.15) is 115 Å². The molecule has 18 atom stereocenters. The van der Waals surface area contributed by atoms with E-state index >= 15 is 0 Å². The van der Waals surface area contributed by atoms with Gasteiger partial charge in [-0.3, -0.25) is 14.5 Å². The standard InChI is InChI=1S/C44H80N2O13/c1-16-19-33(47)57-39-29(8)46(20-17-2)24-25(4)22-42(10,51)38(59-41-35(48)31(45(13)14)21-26(5)54-41)27(6)36(28(7)40(50)56-32(18-3)44(39,12)52)58-34-23-43(11,53-15)37(49)30(9)55-34/h16,25-32,34-39,41,48-49,51-52H,1,17-24H2,2-15H3/t25-,26-,27+,28-,29+,30+,31+,32+,34+,35-,36+,37+,38-,39-,41+,42+,43-,44-/m1/s1. The maximum absolute atomic E-state index is 14.6. The molecule has 0 aromatic rings. The van der Waals surface area contributed by atoms with Gasteiger partial charge in [-0.2, -0.15) is 0 Å². The largest absolute Gasteiger partial charge is 0.459 e. The summed E-state index contributed by atoms with van der Waals surface area (Å²) in [5, 5.41) is 47.9. The summed E-state index contributed by atoms with van der Waals surface area (Å²) in [6.45, 7) is 24.5. The van der Waals surface area contributed by atoms with Gasteiger partial charge < -0.3 is 58.5 Å². The third kappa shape index (κ3) is 12.5. The molecule has 3 rings (SSSR count). The summed E-state index contributed by atoms with van der Waals surface area (Å²) < 4.78 is 44.1. The van der Waals surface area contributed by atoms with Gasteiger partial charge in [-0.15, -0.1) is 6.58 Å². The molecule has 0 aromatic carbocycles. The number of nitrogens with zero attached hydrogens (tertiary/aromatic N) is 2. The Hall–Kier alpha value is -1.76. The van der Waals surface area contributed by atoms with Crippen molar-refractivity contribution in [2.45, 2.75) is 205 Å². The van der Waals surface area contributed by atoms with Crippen LogP contribution in [0.15, 0.2) is 12.7 Å². The molecule has 4 N–H and O–H groups in total. The first-order valence-corrected chi connectivity index (χ1v) is 21.8. The van der Waals surface area contributed by atoms with Crippen molar-refractivity contribution in [2.24, 2.45) is 17.8 Å². The Labute approximate surface area is 354 Å². The van der Waals surface area contributed by atoms with Crippen molar-refractivity contribution in [3.8, 4) is 0 Å². The average molecular weight is 845 g/mol. The molecule has 0 aromatic heterocycles. The van der Waals surface area contributed by atoms with E-state index in [1.165, 1.54) is 20.1 Å². The number of esters is 2. The van der Waals surface area contributed by atoms with E-state index in [2.05, 4.69) is 11.5 Å². The van der Waals surface area contributed by atoms with E-state index in [1.54, 1.807) is 34.6 Å². The summed E-state index contributed by atoms with van der Waals surface area (Å²) in [4.78, 5) is 31.8. The topological polar surface area (TPSA) is 186 Å². The molecule has 3 aliphatic heterocycles. The number of rotatable bonds is 12. The molecule has 3 saturated heterocycles. The fraction of sp³-hybridized carbons (Fsp3) is 0.909. The molecule has 0 bridgehead atoms. The molecular formula is C44H80N2O13. The molecule has 344 valence electrons. The van der Waals surface area contributed by atoms with Crippen molar-refractivity contribution in [3.63, 3.8) is 0 Å². The summed E-state index contributed by atoms with van der Waals surface area (Å²) >= 11 is 0. The molecule has 0 radical (unpaired) electrons. The minimum atomic E-state index is -1.85. The van der Waals surface area contributed by atoms with Crippen molar-refractivity contribution in [1.82, 2.24) is 9.80 Å². The number of likely N-dealkylation sites (N-methyl/N-ethyl adjacent to an activating group) is 1. The molecular weight excluding hydrogens is 764 g/mol. The molecule has 3 aliphatic rings. The quantitative estimate of drug-likeness (QED) is 0.164. The minimum absolute atomic E-state index is 0.0767. The van der Waals surface area contributed by atoms with Gasteiger partial charge in [0.15, 0.2) is 12.6 Å². The van der Waals surface area contributed by atoms with E-state index in [4.69, 9.17) is 33.2 Å². The predicted octanol–water partition coefficient (Wildman–Crippen LogP) is 3.81. The maximum atomic E-state index is 14.6. The van der Waals surface area contributed by atoms with E-state index in [0.717, 1.165) is 6.42 Å². The summed E-state index contributed by atoms with van der Waals surface area (Å²) in [5.41, 5.74) is -4.50. The Balaban J connectivity index is 2.26. The first-order chi connectivity index (χ1) is 27.4. The Morgan fingerprint density at radius 3 is 2.20 bits per heavy atom. The first-order valence-electron chi connectivity index (χ1n) is 21.8. The summed E-state index contributed by atoms with van der Waals surface area (Å²) in [6.07, 6.45) is -6.32. The van der Waals surface area contributed by atoms with Crippen LogP contribution < -0.4 is 0 Å². The van der Waals surface area contributed by atoms with Gasteiger partial charge in [0.2, 0.25) is 0 Å². The molecule has 3 heterocycles. The van der Waals surface area contributed by atoms with E-state index in [0.29, 0.717) is 19.5 Å². The molecule has 0 unspecified atom stereocenters. The predicted molar refractivity (Wildman–Crippen MR) is 222 cm³/mol. The summed E-state index contributed by atoms with van der Waals surface area (Å²) in [7, 11) is 5.27. The lowest BCUT2D eigenvalue weighted by molar-refractivity contribution is -0.318. The molecule has 0 aliphatic carbocycles. The summed E-state index contributed by atoms with van der Waals surface area (Å²) in [5.74, 6) is -3.31. The normalized spacial score (nSPS) is 44.9. The first kappa shape index (κ1) is 51.6. The number of aliphatic hydroxyl groups is 4. The zero-order chi connectivity index (χ0) is 44.8. The number of methoxy groups -OCH3 is 1. The summed E-state index contributed by atoms with van der Waals surface area (Å²) in [6, 6.07) is -0.840. The third-order valence-corrected chi connectivity index (χ3v) is 13.1. The molecule has 59 heavy (non-hydrogen) atoms. The number of cyclic esters (lactones) is 1. The van der Waals surface area contributed by atoms with Crippen LogP contribution in [0.3, 0.4) is 0 Å². The van der Waals surface area contributed by atoms with Gasteiger partial charge in [0.25, 0.3) is 0 Å². The molecule has 15 heteroatoms. The lowest BCUT2D eigenvalue weighted by Crippen LogP contribution is -2.61. The Morgan fingerprint density at radius 2 is 1.64 bits per heavy atom. The zero-order valence-corrected chi connectivity index (χ0v) is 38.5. The smallest absolute Gasteiger partial charge is 0.311 e. The number of hydrogen-bond donors (Lipinski definition) is 4. The second-order valence-electron chi connectivity index (χ2n) is 18.7. The number of carbonyl (C=O) groups is 2. The Bertz CT molecular complexity index is 1350. The van der Waals surface area contributed by atoms with Gasteiger partial charge in [-0.05, 0) is 101 Å². The number of carbonyl (C=O) groups excluding carboxylic acids is 2. The maximum Gasteiger partial charge on any atom is 0.311 e. The van der Waals surface area contributed by atoms with Crippen molar-refractivity contribution < 1.29 is 63.2 Å². The highest BCUT2D eigenvalue weighted by molar-refractivity contribution is 5.73. The highest BCUT2D eigenvalue weighted by atomic mass is 16.7. The van der Waals surface area contributed by atoms with E-state index in [-0.39, 0.29) is 43.7 Å². The lowest BCUT2D eigenvalue weighted by atomic mass is 9.77. The van der Waals surface area contributed by atoms with E-state index < -0.39 is 102 Å². The van der Waals surface area contributed by atoms with Crippen molar-refractivity contribution in [3.05, 3.63) is 12.7 Å². The van der Waals surface area contributed by atoms with Gasteiger partial charge in [-0.25, -0.2) is 0 Å². The minimum Gasteiger partial charge on any atom is -0.459 e. The highest BCUT2D eigenvalue weighted by Crippen LogP contribution is 2.40. The van der Waals surface area contributed by atoms with Crippen LogP contribution >= 0.6 is 0 Å². The van der Waals surface area contributed by atoms with Crippen molar-refractivity contribution >= 4 is 11.9 Å². The van der Waals surface area contributed by atoms with Crippen molar-refractivity contribution in [2.75, 3.05) is 34.3 Å². The zero-order valence-electron chi connectivity index (χ0n) is 38.5. The molecule has 3 fully saturated rings. The Kier molecular flexibility index (Phi) is 18.8. The number of aliphatic hydroxyl groups excluding tert-OH is 2. The molecule has 15 nitrogen and oxygen atoms in total. The van der Waals surface area contributed by atoms with Gasteiger partial charge >= 0.3 is 11.9 Å². The van der Waals surface area contributed by atoms with Crippen LogP contribution in [0.4, 0.5) is 0 Å². The van der Waals surface area contributed by atoms with Crippen LogP contribution in [-0.2, 0) is 42.7 Å². The highest BCUT2D eigenvalue weighted by Gasteiger charge is 2.53. The number of hydrogen-bond acceptors (Lipinski definition) is 15. The van der Waals surface area contributed by atoms with Crippen LogP contribution in [-0.4, -0.2) is 167 Å². The van der Waals surface area contributed by atoms with Crippen LogP contribution in [0.5, 0.6) is 0 Å². The average Bonchev–Trinajstić information content (AvgIpc) is 3.15. The van der Waals surface area contributed by atoms with Crippen LogP contribution in [0.25, 0.3) is 0 Å². The molecule has 0 spiro atoms. The monoisotopic (exact) mass is 845 g/mol. The number of ether oxygens (including phenoxy) is 7. The van der Waals surface area contributed by atoms with Gasteiger partial charge in [0, 0.05) is 38.1 Å². The molecule has 0 saturated carbocycles. The van der Waals surface area contributed by atoms with Crippen LogP contribution in [0, 0.1) is 17.8 Å². The van der Waals surface area contributed by atoms with Gasteiger partial charge in [0.1, 0.15) is 30.0 Å². The second-order valence-corrected chi connectivity index (χ2v) is 18.7. The Morgan fingerprint density at radius 1 is 1.00 bits per heavy atom. The van der Waals surface area contributed by atoms with E-state index in [9.17, 15) is 30.0 Å². The fourth-order valence-corrected chi connectivity index (χ4v) is 9.70. The lowest BCUT2D eigenvalue weighted by Gasteiger charge is -2.48. The fourth-order valence-electron chi connectivity index (χ4n) is 9.70. The van der Waals surface area contributed by atoms with Gasteiger partial charge in [0.05, 0.1) is 48.0 Å².